The molecule has 80 valence electrons. The van der Waals surface area contributed by atoms with Crippen LogP contribution in [0.3, 0.4) is 0 Å². The van der Waals surface area contributed by atoms with E-state index in [1.54, 1.807) is 0 Å². The zero-order chi connectivity index (χ0) is 11.3. The van der Waals surface area contributed by atoms with E-state index in [4.69, 9.17) is 4.74 Å². The van der Waals surface area contributed by atoms with Crippen LogP contribution < -0.4 is 0 Å². The Balaban J connectivity index is 3.05. The van der Waals surface area contributed by atoms with Crippen LogP contribution in [0.4, 0.5) is 0 Å². The Bertz CT molecular complexity index is 368. The topological polar surface area (TPSA) is 35.5 Å². The van der Waals surface area contributed by atoms with Crippen molar-refractivity contribution in [3.05, 3.63) is 40.6 Å². The lowest BCUT2D eigenvalue weighted by Gasteiger charge is -2.05. The summed E-state index contributed by atoms with van der Waals surface area (Å²) in [6.45, 7) is 0. The van der Waals surface area contributed by atoms with E-state index >= 15 is 0 Å². The van der Waals surface area contributed by atoms with Crippen molar-refractivity contribution in [2.45, 2.75) is 0 Å². The SMILES string of the molecule is COC=C(C(=O)OC)c1ccc(Br)cc1. The predicted molar refractivity (Wildman–Crippen MR) is 61.1 cm³/mol. The molecule has 0 bridgehead atoms. The number of rotatable bonds is 3. The molecule has 0 saturated carbocycles. The normalized spacial score (nSPS) is 11.0. The summed E-state index contributed by atoms with van der Waals surface area (Å²) in [6, 6.07) is 7.32. The van der Waals surface area contributed by atoms with Gasteiger partial charge in [-0.25, -0.2) is 4.79 Å². The minimum atomic E-state index is -0.417. The van der Waals surface area contributed by atoms with Crippen molar-refractivity contribution in [3.63, 3.8) is 0 Å². The first-order valence-corrected chi connectivity index (χ1v) is 5.05. The lowest BCUT2D eigenvalue weighted by molar-refractivity contribution is -0.133. The average Bonchev–Trinajstić information content (AvgIpc) is 2.26. The van der Waals surface area contributed by atoms with Gasteiger partial charge in [0.15, 0.2) is 0 Å². The van der Waals surface area contributed by atoms with Crippen LogP contribution in [-0.2, 0) is 14.3 Å². The summed E-state index contributed by atoms with van der Waals surface area (Å²) in [4.78, 5) is 11.4. The van der Waals surface area contributed by atoms with Crippen molar-refractivity contribution >= 4 is 27.5 Å². The van der Waals surface area contributed by atoms with Gasteiger partial charge in [-0.15, -0.1) is 0 Å². The molecular formula is C11H11BrO3. The fraction of sp³-hybridized carbons (Fsp3) is 0.182. The first-order valence-electron chi connectivity index (χ1n) is 4.26. The van der Waals surface area contributed by atoms with Crippen LogP contribution in [0.2, 0.25) is 0 Å². The van der Waals surface area contributed by atoms with Gasteiger partial charge in [-0.3, -0.25) is 0 Å². The maximum absolute atomic E-state index is 11.4. The summed E-state index contributed by atoms with van der Waals surface area (Å²) in [6.07, 6.45) is 1.37. The van der Waals surface area contributed by atoms with Crippen LogP contribution >= 0.6 is 15.9 Å². The number of ether oxygens (including phenoxy) is 2. The summed E-state index contributed by atoms with van der Waals surface area (Å²) >= 11 is 3.32. The quantitative estimate of drug-likeness (QED) is 0.481. The summed E-state index contributed by atoms with van der Waals surface area (Å²) in [5.74, 6) is -0.417. The average molecular weight is 271 g/mol. The lowest BCUT2D eigenvalue weighted by atomic mass is 10.1. The molecule has 0 fully saturated rings. The van der Waals surface area contributed by atoms with E-state index in [1.165, 1.54) is 20.5 Å². The van der Waals surface area contributed by atoms with Gasteiger partial charge in [-0.05, 0) is 17.7 Å². The van der Waals surface area contributed by atoms with Crippen LogP contribution in [0.1, 0.15) is 5.56 Å². The molecule has 0 spiro atoms. The van der Waals surface area contributed by atoms with E-state index in [2.05, 4.69) is 20.7 Å². The molecule has 0 aliphatic carbocycles. The van der Waals surface area contributed by atoms with E-state index in [1.807, 2.05) is 24.3 Å². The van der Waals surface area contributed by atoms with E-state index in [9.17, 15) is 4.79 Å². The highest BCUT2D eigenvalue weighted by molar-refractivity contribution is 9.10. The predicted octanol–water partition coefficient (Wildman–Crippen LogP) is 2.61. The van der Waals surface area contributed by atoms with Crippen molar-refractivity contribution in [3.8, 4) is 0 Å². The van der Waals surface area contributed by atoms with E-state index in [0.717, 1.165) is 10.0 Å². The van der Waals surface area contributed by atoms with Gasteiger partial charge in [0.25, 0.3) is 0 Å². The fourth-order valence-electron chi connectivity index (χ4n) is 1.09. The van der Waals surface area contributed by atoms with Crippen LogP contribution in [-0.4, -0.2) is 20.2 Å². The van der Waals surface area contributed by atoms with E-state index in [-0.39, 0.29) is 0 Å². The number of halogens is 1. The molecule has 0 saturated heterocycles. The molecule has 1 aromatic carbocycles. The minimum absolute atomic E-state index is 0.396. The number of carbonyl (C=O) groups is 1. The van der Waals surface area contributed by atoms with Gasteiger partial charge in [-0.2, -0.15) is 0 Å². The Labute approximate surface area is 96.8 Å². The van der Waals surface area contributed by atoms with Crippen molar-refractivity contribution < 1.29 is 14.3 Å². The molecule has 4 heteroatoms. The van der Waals surface area contributed by atoms with Gasteiger partial charge < -0.3 is 9.47 Å². The van der Waals surface area contributed by atoms with E-state index in [0.29, 0.717) is 5.57 Å². The Morgan fingerprint density at radius 1 is 1.27 bits per heavy atom. The highest BCUT2D eigenvalue weighted by Crippen LogP contribution is 2.19. The molecule has 0 aliphatic heterocycles. The summed E-state index contributed by atoms with van der Waals surface area (Å²) in [7, 11) is 2.83. The third-order valence-corrected chi connectivity index (χ3v) is 2.32. The van der Waals surface area contributed by atoms with Gasteiger partial charge in [-0.1, -0.05) is 28.1 Å². The Morgan fingerprint density at radius 2 is 1.87 bits per heavy atom. The Kier molecular flexibility index (Phi) is 4.37. The van der Waals surface area contributed by atoms with Crippen LogP contribution in [0.15, 0.2) is 35.0 Å². The minimum Gasteiger partial charge on any atom is -0.503 e. The molecule has 15 heavy (non-hydrogen) atoms. The highest BCUT2D eigenvalue weighted by Gasteiger charge is 2.12. The molecule has 1 aromatic rings. The summed E-state index contributed by atoms with van der Waals surface area (Å²) < 4.78 is 10.4. The standard InChI is InChI=1S/C11H11BrO3/c1-14-7-10(11(13)15-2)8-3-5-9(12)6-4-8/h3-7H,1-2H3. The van der Waals surface area contributed by atoms with E-state index < -0.39 is 5.97 Å². The summed E-state index contributed by atoms with van der Waals surface area (Å²) in [5, 5.41) is 0. The highest BCUT2D eigenvalue weighted by atomic mass is 79.9. The van der Waals surface area contributed by atoms with Crippen molar-refractivity contribution in [1.82, 2.24) is 0 Å². The number of carbonyl (C=O) groups excluding carboxylic acids is 1. The van der Waals surface area contributed by atoms with Crippen molar-refractivity contribution in [2.24, 2.45) is 0 Å². The number of benzene rings is 1. The number of hydrogen-bond acceptors (Lipinski definition) is 3. The second-order valence-corrected chi connectivity index (χ2v) is 3.68. The van der Waals surface area contributed by atoms with Gasteiger partial charge in [0.1, 0.15) is 5.57 Å². The summed E-state index contributed by atoms with van der Waals surface area (Å²) in [5.41, 5.74) is 1.15. The molecule has 0 unspecified atom stereocenters. The van der Waals surface area contributed by atoms with Gasteiger partial charge >= 0.3 is 5.97 Å². The molecular weight excluding hydrogens is 260 g/mol. The molecule has 0 heterocycles. The molecule has 0 atom stereocenters. The first-order chi connectivity index (χ1) is 7.19. The zero-order valence-corrected chi connectivity index (χ0v) is 10.1. The number of esters is 1. The zero-order valence-electron chi connectivity index (χ0n) is 8.49. The smallest absolute Gasteiger partial charge is 0.341 e. The molecule has 0 aromatic heterocycles. The second-order valence-electron chi connectivity index (χ2n) is 2.77. The Morgan fingerprint density at radius 3 is 2.33 bits per heavy atom. The van der Waals surface area contributed by atoms with Crippen LogP contribution in [0.5, 0.6) is 0 Å². The Hall–Kier alpha value is -1.29. The number of methoxy groups -OCH3 is 2. The molecule has 0 aliphatic rings. The molecule has 0 radical (unpaired) electrons. The van der Waals surface area contributed by atoms with Crippen LogP contribution in [0, 0.1) is 0 Å². The molecule has 3 nitrogen and oxygen atoms in total. The molecule has 0 amide bonds. The van der Waals surface area contributed by atoms with Gasteiger partial charge in [0.2, 0.25) is 0 Å². The largest absolute Gasteiger partial charge is 0.503 e. The monoisotopic (exact) mass is 270 g/mol. The number of hydrogen-bond donors (Lipinski definition) is 0. The van der Waals surface area contributed by atoms with Gasteiger partial charge in [0.05, 0.1) is 20.5 Å². The third kappa shape index (κ3) is 3.09. The fourth-order valence-corrected chi connectivity index (χ4v) is 1.36. The second kappa shape index (κ2) is 5.56. The lowest BCUT2D eigenvalue weighted by Crippen LogP contribution is -2.04. The van der Waals surface area contributed by atoms with Gasteiger partial charge in [0, 0.05) is 4.47 Å². The first kappa shape index (κ1) is 11.8. The maximum atomic E-state index is 11.4. The third-order valence-electron chi connectivity index (χ3n) is 1.80. The van der Waals surface area contributed by atoms with Crippen molar-refractivity contribution in [1.29, 1.82) is 0 Å². The molecule has 0 N–H and O–H groups in total. The van der Waals surface area contributed by atoms with Crippen LogP contribution in [0.25, 0.3) is 5.57 Å². The maximum Gasteiger partial charge on any atom is 0.341 e. The van der Waals surface area contributed by atoms with Crippen molar-refractivity contribution in [2.75, 3.05) is 14.2 Å². The molecule has 1 rings (SSSR count).